The molecule has 0 saturated heterocycles. The minimum absolute atomic E-state index is 0.0934. The number of nitrogens with one attached hydrogen (secondary N) is 1. The van der Waals surface area contributed by atoms with Crippen molar-refractivity contribution in [1.82, 2.24) is 0 Å². The zero-order valence-electron chi connectivity index (χ0n) is 8.13. The van der Waals surface area contributed by atoms with Gasteiger partial charge in [0.1, 0.15) is 11.6 Å². The van der Waals surface area contributed by atoms with E-state index >= 15 is 0 Å². The number of anilines is 1. The van der Waals surface area contributed by atoms with Crippen LogP contribution in [0.3, 0.4) is 0 Å². The van der Waals surface area contributed by atoms with Crippen LogP contribution in [-0.4, -0.2) is 14.2 Å². The molecule has 0 heterocycles. The number of hydrogen-bond acceptors (Lipinski definition) is 2. The van der Waals surface area contributed by atoms with E-state index in [1.54, 1.807) is 6.92 Å². The highest BCUT2D eigenvalue weighted by molar-refractivity contribution is 7.92. The summed E-state index contributed by atoms with van der Waals surface area (Å²) in [6.07, 6.45) is 0.429. The zero-order valence-corrected chi connectivity index (χ0v) is 8.94. The van der Waals surface area contributed by atoms with E-state index in [2.05, 4.69) is 0 Å². The predicted molar refractivity (Wildman–Crippen MR) is 54.1 cm³/mol. The fourth-order valence-electron chi connectivity index (χ4n) is 1.06. The fourth-order valence-corrected chi connectivity index (χ4v) is 2.20. The van der Waals surface area contributed by atoms with Crippen LogP contribution < -0.4 is 4.72 Å². The van der Waals surface area contributed by atoms with Gasteiger partial charge in [-0.15, -0.1) is 0 Å². The molecule has 0 unspecified atom stereocenters. The van der Waals surface area contributed by atoms with Crippen molar-refractivity contribution in [3.63, 3.8) is 0 Å². The molecular weight excluding hydrogens is 224 g/mol. The Labute approximate surface area is 87.2 Å². The Morgan fingerprint density at radius 2 is 2.00 bits per heavy atom. The van der Waals surface area contributed by atoms with Gasteiger partial charge in [-0.05, 0) is 18.6 Å². The zero-order chi connectivity index (χ0) is 11.5. The number of benzene rings is 1. The molecule has 0 aliphatic carbocycles. The van der Waals surface area contributed by atoms with Crippen LogP contribution in [0, 0.1) is 11.6 Å². The summed E-state index contributed by atoms with van der Waals surface area (Å²) in [6, 6.07) is 2.68. The maximum Gasteiger partial charge on any atom is 0.232 e. The summed E-state index contributed by atoms with van der Waals surface area (Å²) in [4.78, 5) is 0. The molecule has 84 valence electrons. The van der Waals surface area contributed by atoms with Gasteiger partial charge in [0.05, 0.1) is 11.4 Å². The van der Waals surface area contributed by atoms with Crippen LogP contribution in [0.2, 0.25) is 0 Å². The molecular formula is C9H11F2NO2S. The molecule has 1 aromatic rings. The van der Waals surface area contributed by atoms with Crippen LogP contribution in [0.25, 0.3) is 0 Å². The Bertz CT molecular complexity index is 445. The van der Waals surface area contributed by atoms with Gasteiger partial charge in [-0.2, -0.15) is 0 Å². The summed E-state index contributed by atoms with van der Waals surface area (Å²) >= 11 is 0. The standard InChI is InChI=1S/C9H11F2NO2S/c1-2-5-15(13,14)12-9-4-3-7(10)6-8(9)11/h3-4,6,12H,2,5H2,1H3. The molecule has 6 heteroatoms. The monoisotopic (exact) mass is 235 g/mol. The van der Waals surface area contributed by atoms with Gasteiger partial charge in [0.15, 0.2) is 0 Å². The minimum atomic E-state index is -3.53. The van der Waals surface area contributed by atoms with Gasteiger partial charge in [0.2, 0.25) is 10.0 Å². The molecule has 0 spiro atoms. The molecule has 0 amide bonds. The van der Waals surface area contributed by atoms with E-state index in [1.165, 1.54) is 0 Å². The van der Waals surface area contributed by atoms with Crippen molar-refractivity contribution in [1.29, 1.82) is 0 Å². The second-order valence-corrected chi connectivity index (χ2v) is 4.89. The van der Waals surface area contributed by atoms with Crippen molar-refractivity contribution in [3.8, 4) is 0 Å². The normalized spacial score (nSPS) is 11.4. The first-order valence-electron chi connectivity index (χ1n) is 4.40. The van der Waals surface area contributed by atoms with Crippen molar-refractivity contribution >= 4 is 15.7 Å². The molecule has 0 bridgehead atoms. The lowest BCUT2D eigenvalue weighted by Crippen LogP contribution is -2.16. The van der Waals surface area contributed by atoms with Gasteiger partial charge in [-0.1, -0.05) is 6.92 Å². The number of halogens is 2. The first-order valence-corrected chi connectivity index (χ1v) is 6.05. The third kappa shape index (κ3) is 3.47. The molecule has 0 aliphatic heterocycles. The van der Waals surface area contributed by atoms with Crippen LogP contribution >= 0.6 is 0 Å². The quantitative estimate of drug-likeness (QED) is 0.868. The number of rotatable bonds is 4. The van der Waals surface area contributed by atoms with Gasteiger partial charge in [-0.3, -0.25) is 4.72 Å². The molecule has 1 aromatic carbocycles. The predicted octanol–water partition coefficient (Wildman–Crippen LogP) is 2.12. The van der Waals surface area contributed by atoms with E-state index in [1.807, 2.05) is 4.72 Å². The van der Waals surface area contributed by atoms with Crippen molar-refractivity contribution in [2.24, 2.45) is 0 Å². The van der Waals surface area contributed by atoms with Crippen molar-refractivity contribution in [3.05, 3.63) is 29.8 Å². The Morgan fingerprint density at radius 1 is 1.33 bits per heavy atom. The summed E-state index contributed by atoms with van der Waals surface area (Å²) in [5.74, 6) is -1.76. The average molecular weight is 235 g/mol. The van der Waals surface area contributed by atoms with Gasteiger partial charge >= 0.3 is 0 Å². The van der Waals surface area contributed by atoms with Crippen molar-refractivity contribution in [2.75, 3.05) is 10.5 Å². The lowest BCUT2D eigenvalue weighted by atomic mass is 10.3. The molecule has 1 rings (SSSR count). The lowest BCUT2D eigenvalue weighted by molar-refractivity contribution is 0.582. The first-order chi connectivity index (χ1) is 6.94. The SMILES string of the molecule is CCCS(=O)(=O)Nc1ccc(F)cc1F. The Balaban J connectivity index is 2.90. The van der Waals surface area contributed by atoms with Crippen LogP contribution in [0.15, 0.2) is 18.2 Å². The molecule has 0 atom stereocenters. The largest absolute Gasteiger partial charge is 0.281 e. The second-order valence-electron chi connectivity index (χ2n) is 3.05. The molecule has 0 fully saturated rings. The molecule has 0 aliphatic rings. The smallest absolute Gasteiger partial charge is 0.232 e. The van der Waals surface area contributed by atoms with E-state index in [-0.39, 0.29) is 11.4 Å². The Kier molecular flexibility index (Phi) is 3.62. The van der Waals surface area contributed by atoms with E-state index in [9.17, 15) is 17.2 Å². The van der Waals surface area contributed by atoms with Crippen LogP contribution in [0.5, 0.6) is 0 Å². The van der Waals surface area contributed by atoms with Gasteiger partial charge in [0, 0.05) is 6.07 Å². The third-order valence-electron chi connectivity index (χ3n) is 1.67. The highest BCUT2D eigenvalue weighted by Crippen LogP contribution is 2.16. The van der Waals surface area contributed by atoms with E-state index in [4.69, 9.17) is 0 Å². The Hall–Kier alpha value is -1.17. The minimum Gasteiger partial charge on any atom is -0.281 e. The maximum absolute atomic E-state index is 13.1. The van der Waals surface area contributed by atoms with Crippen LogP contribution in [-0.2, 0) is 10.0 Å². The summed E-state index contributed by atoms with van der Waals surface area (Å²) in [5.41, 5.74) is -0.232. The average Bonchev–Trinajstić information content (AvgIpc) is 2.09. The highest BCUT2D eigenvalue weighted by Gasteiger charge is 2.12. The lowest BCUT2D eigenvalue weighted by Gasteiger charge is -2.07. The van der Waals surface area contributed by atoms with Gasteiger partial charge < -0.3 is 0 Å². The molecule has 0 saturated carbocycles. The highest BCUT2D eigenvalue weighted by atomic mass is 32.2. The summed E-state index contributed by atoms with van der Waals surface area (Å²) in [5, 5.41) is 0. The number of hydrogen-bond donors (Lipinski definition) is 1. The van der Waals surface area contributed by atoms with Crippen LogP contribution in [0.4, 0.5) is 14.5 Å². The molecule has 1 N–H and O–H groups in total. The summed E-state index contributed by atoms with van der Waals surface area (Å²) in [7, 11) is -3.53. The molecule has 0 radical (unpaired) electrons. The van der Waals surface area contributed by atoms with E-state index in [0.29, 0.717) is 12.5 Å². The summed E-state index contributed by atoms with van der Waals surface area (Å²) < 4.78 is 50.1. The topological polar surface area (TPSA) is 46.2 Å². The van der Waals surface area contributed by atoms with E-state index in [0.717, 1.165) is 12.1 Å². The molecule has 3 nitrogen and oxygen atoms in total. The second kappa shape index (κ2) is 4.57. The van der Waals surface area contributed by atoms with Gasteiger partial charge in [0.25, 0.3) is 0 Å². The molecule has 0 aromatic heterocycles. The maximum atomic E-state index is 13.1. The fraction of sp³-hybridized carbons (Fsp3) is 0.333. The first kappa shape index (κ1) is 11.9. The summed E-state index contributed by atoms with van der Waals surface area (Å²) in [6.45, 7) is 1.69. The number of sulfonamides is 1. The Morgan fingerprint density at radius 3 is 2.53 bits per heavy atom. The third-order valence-corrected chi connectivity index (χ3v) is 3.15. The van der Waals surface area contributed by atoms with Crippen molar-refractivity contribution in [2.45, 2.75) is 13.3 Å². The van der Waals surface area contributed by atoms with E-state index < -0.39 is 21.7 Å². The van der Waals surface area contributed by atoms with Crippen LogP contribution in [0.1, 0.15) is 13.3 Å². The van der Waals surface area contributed by atoms with Crippen molar-refractivity contribution < 1.29 is 17.2 Å². The molecule has 15 heavy (non-hydrogen) atoms. The van der Waals surface area contributed by atoms with Gasteiger partial charge in [-0.25, -0.2) is 17.2 Å².